The molecule has 2 N–H and O–H groups in total. The number of hydrogen-bond donors (Lipinski definition) is 1. The van der Waals surface area contributed by atoms with Crippen LogP contribution in [0.15, 0.2) is 24.3 Å². The smallest absolute Gasteiger partial charge is 0.220 e. The van der Waals surface area contributed by atoms with Crippen LogP contribution in [0.5, 0.6) is 0 Å². The molecule has 1 fully saturated rings. The molecule has 1 saturated heterocycles. The van der Waals surface area contributed by atoms with Crippen molar-refractivity contribution in [1.82, 2.24) is 4.90 Å². The molecule has 0 saturated carbocycles. The van der Waals surface area contributed by atoms with E-state index in [9.17, 15) is 4.79 Å². The molecule has 0 aromatic heterocycles. The van der Waals surface area contributed by atoms with Crippen LogP contribution in [-0.2, 0) is 20.8 Å². The van der Waals surface area contributed by atoms with Crippen molar-refractivity contribution in [3.8, 4) is 0 Å². The standard InChI is InChI=1S/C15H21ClN2O3/c1-20-11-15(8-14(17)19)10-18(6-7-21-15)9-12-2-4-13(16)5-3-12/h2-5H,6-11H2,1H3,(H2,17,19)/t15-/m1/s1. The van der Waals surface area contributed by atoms with Crippen molar-refractivity contribution in [1.29, 1.82) is 0 Å². The van der Waals surface area contributed by atoms with Crippen molar-refractivity contribution < 1.29 is 14.3 Å². The van der Waals surface area contributed by atoms with Gasteiger partial charge >= 0.3 is 0 Å². The van der Waals surface area contributed by atoms with Gasteiger partial charge in [-0.15, -0.1) is 0 Å². The lowest BCUT2D eigenvalue weighted by Crippen LogP contribution is -2.55. The Bertz CT molecular complexity index is 476. The second-order valence-electron chi connectivity index (χ2n) is 5.44. The molecule has 21 heavy (non-hydrogen) atoms. The maximum Gasteiger partial charge on any atom is 0.220 e. The Morgan fingerprint density at radius 3 is 2.81 bits per heavy atom. The van der Waals surface area contributed by atoms with E-state index in [1.54, 1.807) is 7.11 Å². The fourth-order valence-electron chi connectivity index (χ4n) is 2.73. The molecular formula is C15H21ClN2O3. The van der Waals surface area contributed by atoms with E-state index in [0.717, 1.165) is 18.1 Å². The summed E-state index contributed by atoms with van der Waals surface area (Å²) < 4.78 is 11.0. The van der Waals surface area contributed by atoms with Crippen LogP contribution in [0, 0.1) is 0 Å². The van der Waals surface area contributed by atoms with Gasteiger partial charge in [0.05, 0.1) is 19.6 Å². The predicted octanol–water partition coefficient (Wildman–Crippen LogP) is 1.43. The molecular weight excluding hydrogens is 292 g/mol. The summed E-state index contributed by atoms with van der Waals surface area (Å²) in [6, 6.07) is 7.76. The highest BCUT2D eigenvalue weighted by atomic mass is 35.5. The van der Waals surface area contributed by atoms with Gasteiger partial charge < -0.3 is 15.2 Å². The van der Waals surface area contributed by atoms with Crippen LogP contribution >= 0.6 is 11.6 Å². The number of ether oxygens (including phenoxy) is 2. The first kappa shape index (κ1) is 16.2. The summed E-state index contributed by atoms with van der Waals surface area (Å²) in [5.74, 6) is -0.375. The summed E-state index contributed by atoms with van der Waals surface area (Å²) >= 11 is 5.90. The number of methoxy groups -OCH3 is 1. The molecule has 0 radical (unpaired) electrons. The maximum absolute atomic E-state index is 11.3. The number of benzene rings is 1. The monoisotopic (exact) mass is 312 g/mol. The Balaban J connectivity index is 2.04. The Kier molecular flexibility index (Phi) is 5.58. The number of morpholine rings is 1. The fraction of sp³-hybridized carbons (Fsp3) is 0.533. The van der Waals surface area contributed by atoms with Gasteiger partial charge in [0, 0.05) is 31.8 Å². The number of nitrogens with two attached hydrogens (primary N) is 1. The van der Waals surface area contributed by atoms with Gasteiger partial charge in [0.15, 0.2) is 0 Å². The van der Waals surface area contributed by atoms with Crippen LogP contribution in [-0.4, -0.2) is 49.8 Å². The quantitative estimate of drug-likeness (QED) is 0.863. The number of carbonyl (C=O) groups is 1. The Hall–Kier alpha value is -1.14. The molecule has 1 aromatic rings. The van der Waals surface area contributed by atoms with E-state index in [4.69, 9.17) is 26.8 Å². The second-order valence-corrected chi connectivity index (χ2v) is 5.88. The van der Waals surface area contributed by atoms with Gasteiger partial charge in [0.25, 0.3) is 0 Å². The summed E-state index contributed by atoms with van der Waals surface area (Å²) in [4.78, 5) is 13.5. The minimum atomic E-state index is -0.648. The van der Waals surface area contributed by atoms with Gasteiger partial charge in [0.1, 0.15) is 5.60 Å². The van der Waals surface area contributed by atoms with E-state index < -0.39 is 5.60 Å². The summed E-state index contributed by atoms with van der Waals surface area (Å²) in [5, 5.41) is 0.725. The van der Waals surface area contributed by atoms with Crippen molar-refractivity contribution in [2.24, 2.45) is 5.73 Å². The first-order chi connectivity index (χ1) is 10.0. The lowest BCUT2D eigenvalue weighted by atomic mass is 9.97. The highest BCUT2D eigenvalue weighted by Gasteiger charge is 2.38. The number of primary amides is 1. The van der Waals surface area contributed by atoms with Crippen molar-refractivity contribution in [2.75, 3.05) is 33.4 Å². The predicted molar refractivity (Wildman–Crippen MR) is 81.1 cm³/mol. The fourth-order valence-corrected chi connectivity index (χ4v) is 2.86. The van der Waals surface area contributed by atoms with Crippen LogP contribution in [0.2, 0.25) is 5.02 Å². The van der Waals surface area contributed by atoms with Crippen molar-refractivity contribution >= 4 is 17.5 Å². The molecule has 1 amide bonds. The molecule has 0 spiro atoms. The molecule has 0 bridgehead atoms. The van der Waals surface area contributed by atoms with Crippen LogP contribution in [0.3, 0.4) is 0 Å². The van der Waals surface area contributed by atoms with Crippen molar-refractivity contribution in [3.63, 3.8) is 0 Å². The molecule has 1 atom stereocenters. The topological polar surface area (TPSA) is 64.8 Å². The van der Waals surface area contributed by atoms with E-state index in [1.165, 1.54) is 5.56 Å². The first-order valence-corrected chi connectivity index (χ1v) is 7.29. The lowest BCUT2D eigenvalue weighted by Gasteiger charge is -2.41. The highest BCUT2D eigenvalue weighted by molar-refractivity contribution is 6.30. The number of carbonyl (C=O) groups excluding carboxylic acids is 1. The van der Waals surface area contributed by atoms with Crippen LogP contribution in [0.25, 0.3) is 0 Å². The third kappa shape index (κ3) is 4.68. The van der Waals surface area contributed by atoms with Crippen LogP contribution in [0.4, 0.5) is 0 Å². The molecule has 1 aliphatic rings. The van der Waals surface area contributed by atoms with Crippen LogP contribution < -0.4 is 5.73 Å². The zero-order chi connectivity index (χ0) is 15.3. The van der Waals surface area contributed by atoms with Crippen LogP contribution in [0.1, 0.15) is 12.0 Å². The van der Waals surface area contributed by atoms with Crippen molar-refractivity contribution in [2.45, 2.75) is 18.6 Å². The number of hydrogen-bond acceptors (Lipinski definition) is 4. The van der Waals surface area contributed by atoms with Gasteiger partial charge in [-0.2, -0.15) is 0 Å². The van der Waals surface area contributed by atoms with Gasteiger partial charge in [0.2, 0.25) is 5.91 Å². The molecule has 2 rings (SSSR count). The number of amides is 1. The normalized spacial score (nSPS) is 23.1. The summed E-state index contributed by atoms with van der Waals surface area (Å²) in [5.41, 5.74) is 5.87. The van der Waals surface area contributed by atoms with E-state index in [2.05, 4.69) is 4.90 Å². The second kappa shape index (κ2) is 7.22. The largest absolute Gasteiger partial charge is 0.382 e. The zero-order valence-electron chi connectivity index (χ0n) is 12.2. The van der Waals surface area contributed by atoms with Crippen molar-refractivity contribution in [3.05, 3.63) is 34.9 Å². The van der Waals surface area contributed by atoms with Gasteiger partial charge in [-0.05, 0) is 17.7 Å². The summed E-state index contributed by atoms with van der Waals surface area (Å²) in [6.07, 6.45) is 0.165. The third-order valence-electron chi connectivity index (χ3n) is 3.55. The molecule has 5 nitrogen and oxygen atoms in total. The molecule has 1 aromatic carbocycles. The molecule has 6 heteroatoms. The first-order valence-electron chi connectivity index (χ1n) is 6.91. The lowest BCUT2D eigenvalue weighted by molar-refractivity contribution is -0.154. The molecule has 0 unspecified atom stereocenters. The SMILES string of the molecule is COC[C@@]1(CC(N)=O)CN(Cc2ccc(Cl)cc2)CCO1. The Morgan fingerprint density at radius 2 is 2.19 bits per heavy atom. The summed E-state index contributed by atoms with van der Waals surface area (Å²) in [7, 11) is 1.60. The molecule has 1 heterocycles. The van der Waals surface area contributed by atoms with Gasteiger partial charge in [-0.1, -0.05) is 23.7 Å². The number of rotatable bonds is 6. The number of halogens is 1. The van der Waals surface area contributed by atoms with Gasteiger partial charge in [-0.3, -0.25) is 9.69 Å². The molecule has 116 valence electrons. The minimum Gasteiger partial charge on any atom is -0.382 e. The van der Waals surface area contributed by atoms with Gasteiger partial charge in [-0.25, -0.2) is 0 Å². The zero-order valence-corrected chi connectivity index (χ0v) is 12.9. The van der Waals surface area contributed by atoms with E-state index >= 15 is 0 Å². The van der Waals surface area contributed by atoms with E-state index in [1.807, 2.05) is 24.3 Å². The minimum absolute atomic E-state index is 0.165. The Labute approximate surface area is 130 Å². The maximum atomic E-state index is 11.3. The summed E-state index contributed by atoms with van der Waals surface area (Å²) in [6.45, 7) is 3.13. The molecule has 1 aliphatic heterocycles. The third-order valence-corrected chi connectivity index (χ3v) is 3.80. The molecule has 0 aliphatic carbocycles. The number of nitrogens with zero attached hydrogens (tertiary/aromatic N) is 1. The van der Waals surface area contributed by atoms with E-state index in [0.29, 0.717) is 19.8 Å². The average Bonchev–Trinajstić information content (AvgIpc) is 2.41. The Morgan fingerprint density at radius 1 is 1.48 bits per heavy atom. The highest BCUT2D eigenvalue weighted by Crippen LogP contribution is 2.24. The van der Waals surface area contributed by atoms with E-state index in [-0.39, 0.29) is 12.3 Å². The average molecular weight is 313 g/mol.